The van der Waals surface area contributed by atoms with Crippen LogP contribution < -0.4 is 0 Å². The standard InChI is InChI=1S/C18H37Cl3Si/c1-3-5-6-7-8-9-10-11-12-13-14-15-16-18(4-2)17-22(19,20)21/h18H,3-17H2,1-2H3. The molecule has 1 atom stereocenters. The van der Waals surface area contributed by atoms with Gasteiger partial charge in [-0.25, -0.2) is 0 Å². The van der Waals surface area contributed by atoms with Gasteiger partial charge in [-0.05, 0) is 12.0 Å². The maximum Gasteiger partial charge on any atom is 0.341 e. The van der Waals surface area contributed by atoms with Crippen molar-refractivity contribution in [2.24, 2.45) is 5.92 Å². The van der Waals surface area contributed by atoms with Crippen molar-refractivity contribution in [1.82, 2.24) is 0 Å². The van der Waals surface area contributed by atoms with Crippen LogP contribution in [0.25, 0.3) is 0 Å². The van der Waals surface area contributed by atoms with Crippen LogP contribution in [0.15, 0.2) is 0 Å². The lowest BCUT2D eigenvalue weighted by Crippen LogP contribution is -2.15. The van der Waals surface area contributed by atoms with Gasteiger partial charge in [0.2, 0.25) is 0 Å². The van der Waals surface area contributed by atoms with E-state index in [1.165, 1.54) is 83.5 Å². The molecule has 0 rings (SSSR count). The molecule has 0 saturated heterocycles. The molecule has 134 valence electrons. The van der Waals surface area contributed by atoms with Gasteiger partial charge >= 0.3 is 6.00 Å². The molecule has 0 aromatic rings. The topological polar surface area (TPSA) is 0 Å². The van der Waals surface area contributed by atoms with E-state index in [1.54, 1.807) is 0 Å². The SMILES string of the molecule is CCCCCCCCCCCCCCC(CC)C[Si](Cl)(Cl)Cl. The zero-order valence-electron chi connectivity index (χ0n) is 14.8. The van der Waals surface area contributed by atoms with Crippen molar-refractivity contribution < 1.29 is 0 Å². The van der Waals surface area contributed by atoms with Gasteiger partial charge in [0.15, 0.2) is 0 Å². The Labute approximate surface area is 154 Å². The summed E-state index contributed by atoms with van der Waals surface area (Å²) in [5.41, 5.74) is 0. The molecule has 0 heterocycles. The summed E-state index contributed by atoms with van der Waals surface area (Å²) in [5.74, 6) is 0.627. The van der Waals surface area contributed by atoms with Gasteiger partial charge < -0.3 is 0 Å². The number of halogens is 3. The minimum atomic E-state index is -2.43. The van der Waals surface area contributed by atoms with Gasteiger partial charge in [-0.1, -0.05) is 104 Å². The maximum absolute atomic E-state index is 6.03. The fraction of sp³-hybridized carbons (Fsp3) is 1.00. The lowest BCUT2D eigenvalue weighted by atomic mass is 9.99. The van der Waals surface area contributed by atoms with Gasteiger partial charge in [0, 0.05) is 0 Å². The highest BCUT2D eigenvalue weighted by atomic mass is 35.8. The summed E-state index contributed by atoms with van der Waals surface area (Å²) < 4.78 is 0. The molecule has 0 N–H and O–H groups in total. The van der Waals surface area contributed by atoms with Crippen LogP contribution in [0.2, 0.25) is 6.04 Å². The minimum Gasteiger partial charge on any atom is -0.126 e. The lowest BCUT2D eigenvalue weighted by Gasteiger charge is -2.17. The predicted octanol–water partition coefficient (Wildman–Crippen LogP) is 8.76. The second kappa shape index (κ2) is 15.6. The van der Waals surface area contributed by atoms with E-state index >= 15 is 0 Å². The van der Waals surface area contributed by atoms with E-state index in [0.717, 1.165) is 12.5 Å². The zero-order valence-corrected chi connectivity index (χ0v) is 18.1. The molecule has 0 nitrogen and oxygen atoms in total. The molecule has 0 aliphatic heterocycles. The van der Waals surface area contributed by atoms with Gasteiger partial charge in [0.05, 0.1) is 0 Å². The van der Waals surface area contributed by atoms with E-state index in [1.807, 2.05) is 0 Å². The van der Waals surface area contributed by atoms with Crippen molar-refractivity contribution in [2.75, 3.05) is 0 Å². The molecule has 0 aromatic carbocycles. The average Bonchev–Trinajstić information content (AvgIpc) is 2.46. The smallest absolute Gasteiger partial charge is 0.126 e. The molecule has 0 aliphatic carbocycles. The largest absolute Gasteiger partial charge is 0.341 e. The summed E-state index contributed by atoms with van der Waals surface area (Å²) in [4.78, 5) is 0. The molecule has 0 bridgehead atoms. The van der Waals surface area contributed by atoms with Gasteiger partial charge in [-0.3, -0.25) is 0 Å². The fourth-order valence-electron chi connectivity index (χ4n) is 3.05. The zero-order chi connectivity index (χ0) is 16.7. The molecular formula is C18H37Cl3Si. The summed E-state index contributed by atoms with van der Waals surface area (Å²) in [6.45, 7) is 4.50. The van der Waals surface area contributed by atoms with Gasteiger partial charge in [0.1, 0.15) is 0 Å². The van der Waals surface area contributed by atoms with Crippen molar-refractivity contribution in [3.8, 4) is 0 Å². The first kappa shape index (κ1) is 23.1. The molecule has 0 amide bonds. The summed E-state index contributed by atoms with van der Waals surface area (Å²) in [7, 11) is 0. The molecule has 0 saturated carbocycles. The Morgan fingerprint density at radius 3 is 1.41 bits per heavy atom. The summed E-state index contributed by atoms with van der Waals surface area (Å²) in [6.07, 6.45) is 19.2. The second-order valence-electron chi connectivity index (χ2n) is 6.77. The van der Waals surface area contributed by atoms with Crippen LogP contribution in [0, 0.1) is 5.92 Å². The third-order valence-corrected chi connectivity index (χ3v) is 6.99. The van der Waals surface area contributed by atoms with Crippen LogP contribution in [-0.4, -0.2) is 6.00 Å². The monoisotopic (exact) mass is 386 g/mol. The van der Waals surface area contributed by atoms with Crippen LogP contribution in [0.4, 0.5) is 0 Å². The highest BCUT2D eigenvalue weighted by molar-refractivity contribution is 7.64. The van der Waals surface area contributed by atoms with Crippen LogP contribution in [0.3, 0.4) is 0 Å². The number of unbranched alkanes of at least 4 members (excludes halogenated alkanes) is 11. The first-order valence-electron chi connectivity index (χ1n) is 9.56. The third-order valence-electron chi connectivity index (χ3n) is 4.56. The number of hydrogen-bond donors (Lipinski definition) is 0. The molecule has 0 radical (unpaired) electrons. The van der Waals surface area contributed by atoms with E-state index in [2.05, 4.69) is 13.8 Å². The van der Waals surface area contributed by atoms with E-state index in [4.69, 9.17) is 33.2 Å². The maximum atomic E-state index is 6.03. The molecule has 0 spiro atoms. The Kier molecular flexibility index (Phi) is 16.4. The van der Waals surface area contributed by atoms with Crippen molar-refractivity contribution in [3.05, 3.63) is 0 Å². The molecule has 0 fully saturated rings. The first-order chi connectivity index (χ1) is 10.5. The summed E-state index contributed by atoms with van der Waals surface area (Å²) >= 11 is 18.1. The quantitative estimate of drug-likeness (QED) is 0.141. The molecular weight excluding hydrogens is 351 g/mol. The van der Waals surface area contributed by atoms with E-state index in [0.29, 0.717) is 5.92 Å². The van der Waals surface area contributed by atoms with Crippen LogP contribution in [-0.2, 0) is 0 Å². The average molecular weight is 388 g/mol. The van der Waals surface area contributed by atoms with Crippen LogP contribution in [0.1, 0.15) is 104 Å². The Hall–Kier alpha value is 1.09. The van der Waals surface area contributed by atoms with Crippen LogP contribution >= 0.6 is 33.2 Å². The minimum absolute atomic E-state index is 0.627. The van der Waals surface area contributed by atoms with E-state index in [-0.39, 0.29) is 0 Å². The van der Waals surface area contributed by atoms with E-state index in [9.17, 15) is 0 Å². The Morgan fingerprint density at radius 2 is 1.05 bits per heavy atom. The van der Waals surface area contributed by atoms with Gasteiger partial charge in [0.25, 0.3) is 0 Å². The molecule has 1 unspecified atom stereocenters. The molecule has 0 aromatic heterocycles. The number of rotatable bonds is 16. The second-order valence-corrected chi connectivity index (χ2v) is 16.0. The Balaban J connectivity index is 3.28. The highest BCUT2D eigenvalue weighted by Crippen LogP contribution is 2.33. The normalized spacial score (nSPS) is 13.5. The number of hydrogen-bond acceptors (Lipinski definition) is 0. The van der Waals surface area contributed by atoms with Crippen molar-refractivity contribution in [1.29, 1.82) is 0 Å². The van der Waals surface area contributed by atoms with Crippen molar-refractivity contribution in [2.45, 2.75) is 110 Å². The first-order valence-corrected chi connectivity index (χ1v) is 14.8. The molecule has 4 heteroatoms. The predicted molar refractivity (Wildman–Crippen MR) is 108 cm³/mol. The van der Waals surface area contributed by atoms with Crippen molar-refractivity contribution in [3.63, 3.8) is 0 Å². The van der Waals surface area contributed by atoms with Gasteiger partial charge in [-0.15, -0.1) is 33.2 Å². The van der Waals surface area contributed by atoms with Crippen molar-refractivity contribution >= 4 is 39.2 Å². The Morgan fingerprint density at radius 1 is 0.636 bits per heavy atom. The fourth-order valence-corrected chi connectivity index (χ4v) is 6.16. The summed E-state index contributed by atoms with van der Waals surface area (Å²) in [6, 6.07) is -1.59. The van der Waals surface area contributed by atoms with E-state index < -0.39 is 6.00 Å². The molecule has 0 aliphatic rings. The van der Waals surface area contributed by atoms with Gasteiger partial charge in [-0.2, -0.15) is 0 Å². The lowest BCUT2D eigenvalue weighted by molar-refractivity contribution is 0.467. The third kappa shape index (κ3) is 17.4. The highest BCUT2D eigenvalue weighted by Gasteiger charge is 2.28. The Bertz CT molecular complexity index is 229. The van der Waals surface area contributed by atoms with Crippen LogP contribution in [0.5, 0.6) is 0 Å². The summed E-state index contributed by atoms with van der Waals surface area (Å²) in [5, 5.41) is 0. The molecule has 22 heavy (non-hydrogen) atoms.